The molecule has 1 saturated heterocycles. The van der Waals surface area contributed by atoms with Crippen LogP contribution in [0.4, 0.5) is 0 Å². The second kappa shape index (κ2) is 5.10. The number of hydrogen-bond acceptors (Lipinski definition) is 3. The Labute approximate surface area is 117 Å². The summed E-state index contributed by atoms with van der Waals surface area (Å²) in [6.45, 7) is 4.96. The maximum atomic E-state index is 6.04. The molecule has 0 amide bonds. The third kappa shape index (κ3) is 2.47. The van der Waals surface area contributed by atoms with Crippen LogP contribution >= 0.6 is 11.6 Å². The molecule has 0 radical (unpaired) electrons. The molecule has 19 heavy (non-hydrogen) atoms. The van der Waals surface area contributed by atoms with Crippen molar-refractivity contribution in [1.29, 1.82) is 0 Å². The van der Waals surface area contributed by atoms with Gasteiger partial charge in [0, 0.05) is 26.0 Å². The Hall–Kier alpha value is -1.13. The number of ether oxygens (including phenoxy) is 1. The molecule has 1 aliphatic heterocycles. The number of alkyl halides is 1. The zero-order chi connectivity index (χ0) is 13.3. The Bertz CT molecular complexity index is 575. The van der Waals surface area contributed by atoms with Gasteiger partial charge < -0.3 is 9.30 Å². The van der Waals surface area contributed by atoms with Gasteiger partial charge in [-0.05, 0) is 24.3 Å². The minimum atomic E-state index is 0.260. The van der Waals surface area contributed by atoms with Crippen LogP contribution in [0.3, 0.4) is 0 Å². The highest BCUT2D eigenvalue weighted by Gasteiger charge is 2.29. The summed E-state index contributed by atoms with van der Waals surface area (Å²) in [7, 11) is 0. The summed E-state index contributed by atoms with van der Waals surface area (Å²) < 4.78 is 7.71. The average molecular weight is 280 g/mol. The van der Waals surface area contributed by atoms with E-state index in [0.29, 0.717) is 5.88 Å². The van der Waals surface area contributed by atoms with Gasteiger partial charge in [-0.1, -0.05) is 6.92 Å². The van der Waals surface area contributed by atoms with E-state index in [0.717, 1.165) is 49.5 Å². The van der Waals surface area contributed by atoms with Crippen LogP contribution in [0, 0.1) is 5.41 Å². The number of pyridine rings is 1. The molecule has 0 aromatic carbocycles. The van der Waals surface area contributed by atoms with E-state index in [1.165, 1.54) is 0 Å². The lowest BCUT2D eigenvalue weighted by atomic mass is 9.82. The van der Waals surface area contributed by atoms with E-state index < -0.39 is 0 Å². The van der Waals surface area contributed by atoms with Crippen LogP contribution in [0.5, 0.6) is 0 Å². The van der Waals surface area contributed by atoms with Crippen LogP contribution in [0.2, 0.25) is 0 Å². The summed E-state index contributed by atoms with van der Waals surface area (Å²) in [6.07, 6.45) is 5.78. The molecule has 0 aliphatic carbocycles. The van der Waals surface area contributed by atoms with Gasteiger partial charge in [0.1, 0.15) is 11.3 Å². The minimum Gasteiger partial charge on any atom is -0.381 e. The third-order valence-corrected chi connectivity index (χ3v) is 4.23. The highest BCUT2D eigenvalue weighted by atomic mass is 35.5. The number of halogens is 1. The van der Waals surface area contributed by atoms with E-state index in [1.807, 2.05) is 12.3 Å². The molecule has 2 aromatic rings. The molecule has 0 unspecified atom stereocenters. The Morgan fingerprint density at radius 1 is 1.42 bits per heavy atom. The SMILES string of the molecule is CC1(Cn2c(CCl)nc3cnccc32)CCOCC1. The van der Waals surface area contributed by atoms with Gasteiger partial charge in [0.15, 0.2) is 0 Å². The van der Waals surface area contributed by atoms with Crippen molar-refractivity contribution in [2.24, 2.45) is 5.41 Å². The first kappa shape index (κ1) is 12.9. The number of hydrogen-bond donors (Lipinski definition) is 0. The maximum Gasteiger partial charge on any atom is 0.124 e. The van der Waals surface area contributed by atoms with Crippen LogP contribution in [0.15, 0.2) is 18.5 Å². The lowest BCUT2D eigenvalue weighted by molar-refractivity contribution is 0.0157. The van der Waals surface area contributed by atoms with Crippen LogP contribution in [0.1, 0.15) is 25.6 Å². The standard InChI is InChI=1S/C14H18ClN3O/c1-14(3-6-19-7-4-14)10-18-12-2-5-16-9-11(12)17-13(18)8-15/h2,5,9H,3-4,6-8,10H2,1H3. The van der Waals surface area contributed by atoms with Crippen molar-refractivity contribution in [3.05, 3.63) is 24.3 Å². The fourth-order valence-electron chi connectivity index (χ4n) is 2.71. The van der Waals surface area contributed by atoms with Crippen molar-refractivity contribution < 1.29 is 4.74 Å². The molecule has 1 aliphatic rings. The topological polar surface area (TPSA) is 39.9 Å². The second-order valence-electron chi connectivity index (χ2n) is 5.54. The first-order valence-corrected chi connectivity index (χ1v) is 7.18. The van der Waals surface area contributed by atoms with Crippen molar-refractivity contribution in [2.75, 3.05) is 13.2 Å². The van der Waals surface area contributed by atoms with E-state index in [1.54, 1.807) is 6.20 Å². The molecule has 3 rings (SSSR count). The number of imidazole rings is 1. The Kier molecular flexibility index (Phi) is 3.46. The van der Waals surface area contributed by atoms with Crippen LogP contribution in [-0.4, -0.2) is 27.7 Å². The number of aromatic nitrogens is 3. The first-order chi connectivity index (χ1) is 9.22. The predicted molar refractivity (Wildman–Crippen MR) is 75.2 cm³/mol. The Morgan fingerprint density at radius 3 is 2.95 bits per heavy atom. The zero-order valence-electron chi connectivity index (χ0n) is 11.1. The summed E-state index contributed by atoms with van der Waals surface area (Å²) in [4.78, 5) is 8.69. The Balaban J connectivity index is 1.99. The van der Waals surface area contributed by atoms with Crippen LogP contribution in [0.25, 0.3) is 11.0 Å². The summed E-state index contributed by atoms with van der Waals surface area (Å²) in [5.74, 6) is 1.36. The predicted octanol–water partition coefficient (Wildman–Crippen LogP) is 2.99. The van der Waals surface area contributed by atoms with Gasteiger partial charge in [-0.3, -0.25) is 4.98 Å². The average Bonchev–Trinajstić information content (AvgIpc) is 2.77. The number of rotatable bonds is 3. The minimum absolute atomic E-state index is 0.260. The second-order valence-corrected chi connectivity index (χ2v) is 5.80. The molecular formula is C14H18ClN3O. The van der Waals surface area contributed by atoms with Crippen molar-refractivity contribution >= 4 is 22.6 Å². The molecule has 3 heterocycles. The van der Waals surface area contributed by atoms with Gasteiger partial charge in [0.25, 0.3) is 0 Å². The largest absolute Gasteiger partial charge is 0.381 e. The van der Waals surface area contributed by atoms with Gasteiger partial charge in [0.05, 0.1) is 17.6 Å². The molecule has 4 nitrogen and oxygen atoms in total. The van der Waals surface area contributed by atoms with Gasteiger partial charge >= 0.3 is 0 Å². The molecule has 0 spiro atoms. The monoisotopic (exact) mass is 279 g/mol. The Morgan fingerprint density at radius 2 is 2.21 bits per heavy atom. The summed E-state index contributed by atoms with van der Waals surface area (Å²) in [5.41, 5.74) is 2.31. The highest BCUT2D eigenvalue weighted by Crippen LogP contribution is 2.33. The van der Waals surface area contributed by atoms with Gasteiger partial charge in [-0.15, -0.1) is 11.6 Å². The van der Waals surface area contributed by atoms with Gasteiger partial charge in [-0.25, -0.2) is 4.98 Å². The molecule has 0 N–H and O–H groups in total. The lowest BCUT2D eigenvalue weighted by Gasteiger charge is -2.34. The van der Waals surface area contributed by atoms with Crippen molar-refractivity contribution in [3.8, 4) is 0 Å². The summed E-state index contributed by atoms with van der Waals surface area (Å²) >= 11 is 6.04. The van der Waals surface area contributed by atoms with Crippen LogP contribution in [-0.2, 0) is 17.2 Å². The van der Waals surface area contributed by atoms with Gasteiger partial charge in [0.2, 0.25) is 0 Å². The molecule has 0 saturated carbocycles. The fraction of sp³-hybridized carbons (Fsp3) is 0.571. The van der Waals surface area contributed by atoms with E-state index >= 15 is 0 Å². The molecule has 2 aromatic heterocycles. The third-order valence-electron chi connectivity index (χ3n) is 3.99. The normalized spacial score (nSPS) is 18.8. The van der Waals surface area contributed by atoms with Crippen molar-refractivity contribution in [2.45, 2.75) is 32.2 Å². The first-order valence-electron chi connectivity index (χ1n) is 6.65. The zero-order valence-corrected chi connectivity index (χ0v) is 11.9. The summed E-state index contributed by atoms with van der Waals surface area (Å²) in [5, 5.41) is 0. The molecule has 1 fully saturated rings. The maximum absolute atomic E-state index is 6.04. The van der Waals surface area contributed by atoms with Crippen molar-refractivity contribution in [3.63, 3.8) is 0 Å². The summed E-state index contributed by atoms with van der Waals surface area (Å²) in [6, 6.07) is 2.01. The van der Waals surface area contributed by atoms with E-state index in [-0.39, 0.29) is 5.41 Å². The smallest absolute Gasteiger partial charge is 0.124 e. The molecule has 0 bridgehead atoms. The number of fused-ring (bicyclic) bond motifs is 1. The van der Waals surface area contributed by atoms with E-state index in [9.17, 15) is 0 Å². The lowest BCUT2D eigenvalue weighted by Crippen LogP contribution is -2.31. The molecule has 102 valence electrons. The molecule has 5 heteroatoms. The van der Waals surface area contributed by atoms with Crippen molar-refractivity contribution in [1.82, 2.24) is 14.5 Å². The quantitative estimate of drug-likeness (QED) is 0.811. The molecule has 0 atom stereocenters. The van der Waals surface area contributed by atoms with Gasteiger partial charge in [-0.2, -0.15) is 0 Å². The fourth-order valence-corrected chi connectivity index (χ4v) is 2.92. The van der Waals surface area contributed by atoms with Crippen LogP contribution < -0.4 is 0 Å². The van der Waals surface area contributed by atoms with E-state index in [2.05, 4.69) is 21.5 Å². The number of nitrogens with zero attached hydrogens (tertiary/aromatic N) is 3. The molecular weight excluding hydrogens is 262 g/mol. The highest BCUT2D eigenvalue weighted by molar-refractivity contribution is 6.16. The van der Waals surface area contributed by atoms with E-state index in [4.69, 9.17) is 16.3 Å².